The van der Waals surface area contributed by atoms with Gasteiger partial charge >= 0.3 is 6.03 Å². The highest BCUT2D eigenvalue weighted by Crippen LogP contribution is 2.37. The van der Waals surface area contributed by atoms with Gasteiger partial charge in [0.2, 0.25) is 5.91 Å². The molecular weight excluding hydrogens is 450 g/mol. The van der Waals surface area contributed by atoms with Gasteiger partial charge in [0.1, 0.15) is 17.5 Å². The van der Waals surface area contributed by atoms with Crippen LogP contribution in [0.25, 0.3) is 0 Å². The Bertz CT molecular complexity index is 1070. The Kier molecular flexibility index (Phi) is 7.55. The van der Waals surface area contributed by atoms with Crippen molar-refractivity contribution in [2.24, 2.45) is 0 Å². The van der Waals surface area contributed by atoms with Crippen molar-refractivity contribution in [2.75, 3.05) is 39.3 Å². The van der Waals surface area contributed by atoms with Gasteiger partial charge in [-0.3, -0.25) is 14.5 Å². The molecule has 1 atom stereocenters. The van der Waals surface area contributed by atoms with Gasteiger partial charge in [0, 0.05) is 43.3 Å². The normalized spacial score (nSPS) is 19.3. The van der Waals surface area contributed by atoms with E-state index in [2.05, 4.69) is 10.6 Å². The molecule has 9 heteroatoms. The zero-order chi connectivity index (χ0) is 24.8. The average Bonchev–Trinajstić information content (AvgIpc) is 3.15. The molecule has 2 fully saturated rings. The van der Waals surface area contributed by atoms with Crippen molar-refractivity contribution in [2.45, 2.75) is 37.1 Å². The van der Waals surface area contributed by atoms with Crippen LogP contribution < -0.4 is 20.1 Å². The summed E-state index contributed by atoms with van der Waals surface area (Å²) in [5.41, 5.74) is 1.26. The second-order valence-electron chi connectivity index (χ2n) is 8.87. The molecule has 0 spiro atoms. The number of carbonyl (C=O) groups is 3. The number of imide groups is 1. The number of methoxy groups -OCH3 is 2. The fourth-order valence-corrected chi connectivity index (χ4v) is 4.67. The van der Waals surface area contributed by atoms with Gasteiger partial charge in [-0.25, -0.2) is 4.79 Å². The number of nitrogens with one attached hydrogen (secondary N) is 2. The van der Waals surface area contributed by atoms with Gasteiger partial charge in [0.05, 0.1) is 14.2 Å². The minimum Gasteiger partial charge on any atom is -0.497 e. The number of hydrogen-bond acceptors (Lipinski definition) is 6. The number of carbonyl (C=O) groups excluding carboxylic acids is 3. The summed E-state index contributed by atoms with van der Waals surface area (Å²) < 4.78 is 16.0. The number of anilines is 1. The Hall–Kier alpha value is -3.59. The summed E-state index contributed by atoms with van der Waals surface area (Å²) in [6.07, 6.45) is 1.71. The SMILES string of the molecule is COc1ccc(C2(CN3C(=O)NC(CCC(=O)Nc4cccc(OC)c4)C3=O)CCOCC2)cc1. The van der Waals surface area contributed by atoms with Crippen molar-refractivity contribution < 1.29 is 28.6 Å². The molecule has 2 aromatic carbocycles. The lowest BCUT2D eigenvalue weighted by molar-refractivity contribution is -0.128. The predicted octanol–water partition coefficient (Wildman–Crippen LogP) is 3.09. The van der Waals surface area contributed by atoms with E-state index in [1.807, 2.05) is 24.3 Å². The third-order valence-corrected chi connectivity index (χ3v) is 6.73. The first kappa shape index (κ1) is 24.5. The summed E-state index contributed by atoms with van der Waals surface area (Å²) in [4.78, 5) is 39.7. The van der Waals surface area contributed by atoms with E-state index in [1.54, 1.807) is 38.5 Å². The molecule has 2 aliphatic heterocycles. The van der Waals surface area contributed by atoms with Crippen molar-refractivity contribution in [3.63, 3.8) is 0 Å². The van der Waals surface area contributed by atoms with Crippen LogP contribution in [-0.4, -0.2) is 62.8 Å². The number of urea groups is 1. The summed E-state index contributed by atoms with van der Waals surface area (Å²) >= 11 is 0. The van der Waals surface area contributed by atoms with Gasteiger partial charge in [0.15, 0.2) is 0 Å². The van der Waals surface area contributed by atoms with Crippen molar-refractivity contribution in [3.8, 4) is 11.5 Å². The van der Waals surface area contributed by atoms with Crippen LogP contribution in [0.15, 0.2) is 48.5 Å². The Morgan fingerprint density at radius 3 is 2.49 bits per heavy atom. The number of amides is 4. The molecule has 0 bridgehead atoms. The Balaban J connectivity index is 1.40. The van der Waals surface area contributed by atoms with Crippen LogP contribution >= 0.6 is 0 Å². The van der Waals surface area contributed by atoms with E-state index in [9.17, 15) is 14.4 Å². The molecule has 1 unspecified atom stereocenters. The molecular formula is C26H31N3O6. The van der Waals surface area contributed by atoms with E-state index >= 15 is 0 Å². The monoisotopic (exact) mass is 481 g/mol. The quantitative estimate of drug-likeness (QED) is 0.533. The predicted molar refractivity (Wildman–Crippen MR) is 130 cm³/mol. The molecule has 4 rings (SSSR count). The number of hydrogen-bond donors (Lipinski definition) is 2. The van der Waals surface area contributed by atoms with Crippen LogP contribution in [0.4, 0.5) is 10.5 Å². The van der Waals surface area contributed by atoms with E-state index in [0.29, 0.717) is 37.5 Å². The highest BCUT2D eigenvalue weighted by molar-refractivity contribution is 6.04. The maximum Gasteiger partial charge on any atom is 0.324 e. The first-order valence-corrected chi connectivity index (χ1v) is 11.7. The molecule has 4 amide bonds. The molecule has 2 aliphatic rings. The summed E-state index contributed by atoms with van der Waals surface area (Å²) in [7, 11) is 3.17. The van der Waals surface area contributed by atoms with Crippen LogP contribution in [0, 0.1) is 0 Å². The first-order chi connectivity index (χ1) is 16.9. The number of nitrogens with zero attached hydrogens (tertiary/aromatic N) is 1. The molecule has 186 valence electrons. The maximum atomic E-state index is 13.2. The Morgan fingerprint density at radius 1 is 1.09 bits per heavy atom. The minimum atomic E-state index is -0.730. The smallest absolute Gasteiger partial charge is 0.324 e. The van der Waals surface area contributed by atoms with E-state index in [1.165, 1.54) is 4.90 Å². The minimum absolute atomic E-state index is 0.0964. The van der Waals surface area contributed by atoms with Crippen LogP contribution in [0.2, 0.25) is 0 Å². The summed E-state index contributed by atoms with van der Waals surface area (Å²) in [5.74, 6) is 0.843. The molecule has 2 N–H and O–H groups in total. The Labute approximate surface area is 204 Å². The lowest BCUT2D eigenvalue weighted by Gasteiger charge is -2.39. The zero-order valence-corrected chi connectivity index (χ0v) is 20.0. The summed E-state index contributed by atoms with van der Waals surface area (Å²) in [6, 6.07) is 13.6. The maximum absolute atomic E-state index is 13.2. The molecule has 2 heterocycles. The Morgan fingerprint density at radius 2 is 1.80 bits per heavy atom. The standard InChI is InChI=1S/C26H31N3O6/c1-33-20-8-6-18(7-9-20)26(12-14-35-15-13-26)17-29-24(31)22(28-25(29)32)10-11-23(30)27-19-4-3-5-21(16-19)34-2/h3-9,16,22H,10-15,17H2,1-2H3,(H,27,30)(H,28,32). The molecule has 35 heavy (non-hydrogen) atoms. The largest absolute Gasteiger partial charge is 0.497 e. The third kappa shape index (κ3) is 5.57. The fraction of sp³-hybridized carbons (Fsp3) is 0.423. The lowest BCUT2D eigenvalue weighted by atomic mass is 9.73. The highest BCUT2D eigenvalue weighted by atomic mass is 16.5. The van der Waals surface area contributed by atoms with Gasteiger partial charge in [-0.15, -0.1) is 0 Å². The van der Waals surface area contributed by atoms with Crippen molar-refractivity contribution >= 4 is 23.5 Å². The van der Waals surface area contributed by atoms with Gasteiger partial charge in [-0.1, -0.05) is 18.2 Å². The molecule has 2 aromatic rings. The molecule has 9 nitrogen and oxygen atoms in total. The van der Waals surface area contributed by atoms with E-state index in [0.717, 1.165) is 11.3 Å². The van der Waals surface area contributed by atoms with Crippen molar-refractivity contribution in [3.05, 3.63) is 54.1 Å². The van der Waals surface area contributed by atoms with Crippen molar-refractivity contribution in [1.82, 2.24) is 10.2 Å². The van der Waals surface area contributed by atoms with Crippen LogP contribution in [-0.2, 0) is 19.7 Å². The van der Waals surface area contributed by atoms with Gasteiger partial charge in [0.25, 0.3) is 5.91 Å². The summed E-state index contributed by atoms with van der Waals surface area (Å²) in [5, 5.41) is 5.55. The van der Waals surface area contributed by atoms with Crippen molar-refractivity contribution in [1.29, 1.82) is 0 Å². The average molecular weight is 482 g/mol. The number of benzene rings is 2. The molecule has 2 saturated heterocycles. The highest BCUT2D eigenvalue weighted by Gasteiger charge is 2.44. The third-order valence-electron chi connectivity index (χ3n) is 6.73. The molecule has 0 aliphatic carbocycles. The molecule has 0 radical (unpaired) electrons. The molecule has 0 saturated carbocycles. The van der Waals surface area contributed by atoms with Gasteiger partial charge < -0.3 is 24.8 Å². The van der Waals surface area contributed by atoms with E-state index < -0.39 is 17.5 Å². The van der Waals surface area contributed by atoms with Gasteiger partial charge in [-0.05, 0) is 49.1 Å². The second-order valence-corrected chi connectivity index (χ2v) is 8.87. The number of ether oxygens (including phenoxy) is 3. The topological polar surface area (TPSA) is 106 Å². The van der Waals surface area contributed by atoms with Gasteiger partial charge in [-0.2, -0.15) is 0 Å². The van der Waals surface area contributed by atoms with Crippen LogP contribution in [0.1, 0.15) is 31.2 Å². The van der Waals surface area contributed by atoms with E-state index in [-0.39, 0.29) is 31.2 Å². The van der Waals surface area contributed by atoms with Crippen LogP contribution in [0.3, 0.4) is 0 Å². The van der Waals surface area contributed by atoms with Crippen LogP contribution in [0.5, 0.6) is 11.5 Å². The van der Waals surface area contributed by atoms with E-state index in [4.69, 9.17) is 14.2 Å². The fourth-order valence-electron chi connectivity index (χ4n) is 4.67. The number of rotatable bonds is 9. The zero-order valence-electron chi connectivity index (χ0n) is 20.0. The second kappa shape index (κ2) is 10.8. The lowest BCUT2D eigenvalue weighted by Crippen LogP contribution is -2.47. The first-order valence-electron chi connectivity index (χ1n) is 11.7. The summed E-state index contributed by atoms with van der Waals surface area (Å²) in [6.45, 7) is 1.38. The molecule has 0 aromatic heterocycles.